The quantitative estimate of drug-likeness (QED) is 0.659. The summed E-state index contributed by atoms with van der Waals surface area (Å²) in [5.74, 6) is -2.02. The van der Waals surface area contributed by atoms with Gasteiger partial charge in [-0.05, 0) is 24.0 Å². The van der Waals surface area contributed by atoms with Crippen molar-refractivity contribution in [2.75, 3.05) is 20.8 Å². The average molecular weight is 355 g/mol. The SMILES string of the molecule is COC(=O)C1=C(C(=O)OC)C(c2ccccc2)C(C2CCNC2=O)=CC1. The Hall–Kier alpha value is -2.89. The summed E-state index contributed by atoms with van der Waals surface area (Å²) in [7, 11) is 2.57. The number of hydrogen-bond donors (Lipinski definition) is 1. The molecule has 0 radical (unpaired) electrons. The van der Waals surface area contributed by atoms with Gasteiger partial charge in [-0.3, -0.25) is 4.79 Å². The first-order valence-electron chi connectivity index (χ1n) is 8.50. The zero-order chi connectivity index (χ0) is 18.7. The van der Waals surface area contributed by atoms with E-state index >= 15 is 0 Å². The Kier molecular flexibility index (Phi) is 5.21. The van der Waals surface area contributed by atoms with Gasteiger partial charge in [0.05, 0.1) is 31.3 Å². The minimum absolute atomic E-state index is 0.0529. The van der Waals surface area contributed by atoms with E-state index in [4.69, 9.17) is 9.47 Å². The Morgan fingerprint density at radius 1 is 1.08 bits per heavy atom. The van der Waals surface area contributed by atoms with Crippen LogP contribution in [0.15, 0.2) is 53.1 Å². The number of carbonyl (C=O) groups is 3. The second kappa shape index (κ2) is 7.56. The molecule has 1 aromatic carbocycles. The van der Waals surface area contributed by atoms with Crippen LogP contribution in [0.5, 0.6) is 0 Å². The van der Waals surface area contributed by atoms with E-state index in [0.717, 1.165) is 11.1 Å². The van der Waals surface area contributed by atoms with E-state index in [2.05, 4.69) is 5.32 Å². The largest absolute Gasteiger partial charge is 0.466 e. The van der Waals surface area contributed by atoms with Gasteiger partial charge < -0.3 is 14.8 Å². The molecule has 1 amide bonds. The minimum atomic E-state index is -0.580. The number of allylic oxidation sites excluding steroid dienone is 1. The van der Waals surface area contributed by atoms with Gasteiger partial charge in [0.1, 0.15) is 0 Å². The van der Waals surface area contributed by atoms with Crippen LogP contribution in [0.3, 0.4) is 0 Å². The fourth-order valence-corrected chi connectivity index (χ4v) is 3.72. The molecule has 2 aliphatic rings. The van der Waals surface area contributed by atoms with Crippen LogP contribution in [0.1, 0.15) is 24.3 Å². The van der Waals surface area contributed by atoms with Crippen molar-refractivity contribution in [2.24, 2.45) is 5.92 Å². The summed E-state index contributed by atoms with van der Waals surface area (Å²) in [4.78, 5) is 37.2. The molecule has 6 nitrogen and oxygen atoms in total. The first kappa shape index (κ1) is 17.9. The normalized spacial score (nSPS) is 22.5. The van der Waals surface area contributed by atoms with Crippen molar-refractivity contribution in [3.63, 3.8) is 0 Å². The van der Waals surface area contributed by atoms with E-state index in [1.165, 1.54) is 14.2 Å². The first-order valence-corrected chi connectivity index (χ1v) is 8.50. The molecular weight excluding hydrogens is 334 g/mol. The molecule has 1 heterocycles. The summed E-state index contributed by atoms with van der Waals surface area (Å²) in [6.45, 7) is 0.601. The average Bonchev–Trinajstić information content (AvgIpc) is 3.12. The van der Waals surface area contributed by atoms with E-state index in [1.54, 1.807) is 0 Å². The number of carbonyl (C=O) groups excluding carboxylic acids is 3. The van der Waals surface area contributed by atoms with Crippen molar-refractivity contribution < 1.29 is 23.9 Å². The van der Waals surface area contributed by atoms with Gasteiger partial charge in [0, 0.05) is 12.5 Å². The van der Waals surface area contributed by atoms with Crippen LogP contribution in [0, 0.1) is 5.92 Å². The lowest BCUT2D eigenvalue weighted by Gasteiger charge is -2.30. The standard InChI is InChI=1S/C20H21NO5/c1-25-19(23)15-9-8-13(14-10-11-21-18(14)22)16(17(15)20(24)26-2)12-6-4-3-5-7-12/h3-8,14,16H,9-11H2,1-2H3,(H,21,22). The van der Waals surface area contributed by atoms with Gasteiger partial charge in [0.15, 0.2) is 0 Å². The van der Waals surface area contributed by atoms with Crippen LogP contribution in [0.25, 0.3) is 0 Å². The molecule has 0 saturated carbocycles. The first-order chi connectivity index (χ1) is 12.6. The molecule has 3 rings (SSSR count). The van der Waals surface area contributed by atoms with Crippen LogP contribution in [-0.4, -0.2) is 38.6 Å². The van der Waals surface area contributed by atoms with Crippen LogP contribution in [-0.2, 0) is 23.9 Å². The molecule has 1 saturated heterocycles. The van der Waals surface area contributed by atoms with Gasteiger partial charge in [-0.1, -0.05) is 36.4 Å². The molecule has 136 valence electrons. The van der Waals surface area contributed by atoms with Crippen molar-refractivity contribution in [1.29, 1.82) is 0 Å². The van der Waals surface area contributed by atoms with Gasteiger partial charge in [-0.2, -0.15) is 0 Å². The van der Waals surface area contributed by atoms with E-state index in [-0.39, 0.29) is 29.4 Å². The summed E-state index contributed by atoms with van der Waals surface area (Å²) >= 11 is 0. The van der Waals surface area contributed by atoms with Gasteiger partial charge in [-0.25, -0.2) is 9.59 Å². The van der Waals surface area contributed by atoms with E-state index < -0.39 is 17.9 Å². The van der Waals surface area contributed by atoms with Crippen molar-refractivity contribution in [2.45, 2.75) is 18.8 Å². The zero-order valence-corrected chi connectivity index (χ0v) is 14.8. The number of amides is 1. The number of nitrogens with one attached hydrogen (secondary N) is 1. The number of methoxy groups -OCH3 is 2. The Morgan fingerprint density at radius 3 is 2.35 bits per heavy atom. The molecule has 1 aliphatic carbocycles. The van der Waals surface area contributed by atoms with Gasteiger partial charge >= 0.3 is 11.9 Å². The van der Waals surface area contributed by atoms with E-state index in [1.807, 2.05) is 36.4 Å². The monoisotopic (exact) mass is 355 g/mol. The molecule has 6 heteroatoms. The maximum absolute atomic E-state index is 12.6. The molecular formula is C20H21NO5. The third-order valence-electron chi connectivity index (χ3n) is 4.91. The van der Waals surface area contributed by atoms with Crippen molar-refractivity contribution in [3.05, 3.63) is 58.7 Å². The minimum Gasteiger partial charge on any atom is -0.466 e. The lowest BCUT2D eigenvalue weighted by atomic mass is 9.72. The lowest BCUT2D eigenvalue weighted by Crippen LogP contribution is -2.29. The predicted molar refractivity (Wildman–Crippen MR) is 94.1 cm³/mol. The van der Waals surface area contributed by atoms with Gasteiger partial charge in [0.2, 0.25) is 5.91 Å². The number of hydrogen-bond acceptors (Lipinski definition) is 5. The maximum Gasteiger partial charge on any atom is 0.335 e. The third kappa shape index (κ3) is 3.14. The Balaban J connectivity index is 2.17. The number of ether oxygens (including phenoxy) is 2. The van der Waals surface area contributed by atoms with Crippen molar-refractivity contribution in [1.82, 2.24) is 5.32 Å². The molecule has 2 atom stereocenters. The summed E-state index contributed by atoms with van der Waals surface area (Å²) in [5.41, 5.74) is 2.19. The highest BCUT2D eigenvalue weighted by Gasteiger charge is 2.40. The molecule has 26 heavy (non-hydrogen) atoms. The second-order valence-electron chi connectivity index (χ2n) is 6.26. The molecule has 1 fully saturated rings. The van der Waals surface area contributed by atoms with Crippen LogP contribution < -0.4 is 5.32 Å². The summed E-state index contributed by atoms with van der Waals surface area (Å²) in [5, 5.41) is 2.84. The van der Waals surface area contributed by atoms with Crippen molar-refractivity contribution >= 4 is 17.8 Å². The molecule has 2 unspecified atom stereocenters. The van der Waals surface area contributed by atoms with Crippen LogP contribution in [0.4, 0.5) is 0 Å². The number of benzene rings is 1. The Bertz CT molecular complexity index is 794. The Morgan fingerprint density at radius 2 is 1.77 bits per heavy atom. The topological polar surface area (TPSA) is 81.7 Å². The van der Waals surface area contributed by atoms with Crippen LogP contribution >= 0.6 is 0 Å². The molecule has 0 bridgehead atoms. The van der Waals surface area contributed by atoms with E-state index in [0.29, 0.717) is 13.0 Å². The molecule has 1 aromatic rings. The summed E-state index contributed by atoms with van der Waals surface area (Å²) < 4.78 is 9.84. The van der Waals surface area contributed by atoms with Crippen LogP contribution in [0.2, 0.25) is 0 Å². The van der Waals surface area contributed by atoms with Gasteiger partial charge in [-0.15, -0.1) is 0 Å². The smallest absolute Gasteiger partial charge is 0.335 e. The second-order valence-corrected chi connectivity index (χ2v) is 6.26. The Labute approximate surface area is 151 Å². The lowest BCUT2D eigenvalue weighted by molar-refractivity contribution is -0.139. The molecule has 1 N–H and O–H groups in total. The summed E-state index contributed by atoms with van der Waals surface area (Å²) in [6.07, 6.45) is 2.78. The highest BCUT2D eigenvalue weighted by molar-refractivity contribution is 6.03. The fourth-order valence-electron chi connectivity index (χ4n) is 3.72. The predicted octanol–water partition coefficient (Wildman–Crippen LogP) is 1.88. The highest BCUT2D eigenvalue weighted by atomic mass is 16.5. The summed E-state index contributed by atoms with van der Waals surface area (Å²) in [6, 6.07) is 9.37. The fraction of sp³-hybridized carbons (Fsp3) is 0.350. The van der Waals surface area contributed by atoms with E-state index in [9.17, 15) is 14.4 Å². The number of esters is 2. The number of rotatable bonds is 4. The maximum atomic E-state index is 12.6. The zero-order valence-electron chi connectivity index (χ0n) is 14.8. The van der Waals surface area contributed by atoms with Gasteiger partial charge in [0.25, 0.3) is 0 Å². The molecule has 0 aromatic heterocycles. The third-order valence-corrected chi connectivity index (χ3v) is 4.91. The molecule has 1 aliphatic heterocycles. The highest BCUT2D eigenvalue weighted by Crippen LogP contribution is 2.44. The molecule has 0 spiro atoms. The van der Waals surface area contributed by atoms with Crippen molar-refractivity contribution in [3.8, 4) is 0 Å².